The maximum Gasteiger partial charge on any atom is 0.307 e. The van der Waals surface area contributed by atoms with E-state index >= 15 is 0 Å². The van der Waals surface area contributed by atoms with Crippen LogP contribution in [0.1, 0.15) is 22.3 Å². The van der Waals surface area contributed by atoms with Crippen molar-refractivity contribution in [1.29, 1.82) is 0 Å². The average molecular weight is 429 g/mol. The van der Waals surface area contributed by atoms with Crippen LogP contribution in [0, 0.1) is 5.82 Å². The second-order valence-corrected chi connectivity index (χ2v) is 6.63. The van der Waals surface area contributed by atoms with Gasteiger partial charge in [-0.15, -0.1) is 0 Å². The number of pyridine rings is 1. The number of amides is 1. The molecule has 0 atom stereocenters. The number of ether oxygens (including phenoxy) is 2. The highest BCUT2D eigenvalue weighted by molar-refractivity contribution is 6.33. The minimum Gasteiger partial charge on any atom is -0.461 e. The Morgan fingerprint density at radius 2 is 1.87 bits per heavy atom. The van der Waals surface area contributed by atoms with E-state index < -0.39 is 17.7 Å². The summed E-state index contributed by atoms with van der Waals surface area (Å²) in [5, 5.41) is 2.56. The Morgan fingerprint density at radius 3 is 2.57 bits per heavy atom. The molecule has 0 unspecified atom stereocenters. The van der Waals surface area contributed by atoms with E-state index in [1.165, 1.54) is 6.07 Å². The van der Waals surface area contributed by atoms with Crippen molar-refractivity contribution in [1.82, 2.24) is 10.3 Å². The number of halogens is 2. The number of rotatable bonds is 8. The van der Waals surface area contributed by atoms with Gasteiger partial charge in [-0.25, -0.2) is 4.39 Å². The molecule has 0 bridgehead atoms. The van der Waals surface area contributed by atoms with Crippen molar-refractivity contribution in [2.75, 3.05) is 6.54 Å². The molecule has 3 aromatic rings. The molecule has 1 N–H and O–H groups in total. The van der Waals surface area contributed by atoms with Crippen molar-refractivity contribution < 1.29 is 23.5 Å². The molecule has 0 radical (unpaired) electrons. The summed E-state index contributed by atoms with van der Waals surface area (Å²) in [5.74, 6) is -0.217. The Morgan fingerprint density at radius 1 is 1.07 bits per heavy atom. The van der Waals surface area contributed by atoms with Gasteiger partial charge in [0.15, 0.2) is 0 Å². The van der Waals surface area contributed by atoms with E-state index in [1.54, 1.807) is 48.8 Å². The molecular formula is C22H18ClFN2O4. The van der Waals surface area contributed by atoms with E-state index in [9.17, 15) is 14.0 Å². The third-order valence-electron chi connectivity index (χ3n) is 3.98. The number of benzene rings is 2. The number of carbonyl (C=O) groups is 2. The van der Waals surface area contributed by atoms with Crippen LogP contribution in [-0.4, -0.2) is 23.4 Å². The smallest absolute Gasteiger partial charge is 0.307 e. The largest absolute Gasteiger partial charge is 0.461 e. The van der Waals surface area contributed by atoms with E-state index in [2.05, 4.69) is 10.3 Å². The van der Waals surface area contributed by atoms with Gasteiger partial charge < -0.3 is 14.8 Å². The van der Waals surface area contributed by atoms with E-state index in [-0.39, 0.29) is 30.2 Å². The SMILES string of the molecule is O=C(CCNC(=O)c1ccc(F)cc1Cl)OCc1ccc(Oc2cccnc2)cc1. The lowest BCUT2D eigenvalue weighted by molar-refractivity contribution is -0.144. The Hall–Kier alpha value is -3.45. The molecule has 1 aromatic heterocycles. The zero-order valence-corrected chi connectivity index (χ0v) is 16.6. The lowest BCUT2D eigenvalue weighted by Crippen LogP contribution is -2.26. The van der Waals surface area contributed by atoms with Crippen LogP contribution in [0.5, 0.6) is 11.5 Å². The zero-order valence-electron chi connectivity index (χ0n) is 15.8. The lowest BCUT2D eigenvalue weighted by Gasteiger charge is -2.08. The van der Waals surface area contributed by atoms with Gasteiger partial charge in [0.05, 0.1) is 23.2 Å². The molecule has 0 saturated carbocycles. The molecule has 30 heavy (non-hydrogen) atoms. The highest BCUT2D eigenvalue weighted by atomic mass is 35.5. The van der Waals surface area contributed by atoms with Crippen molar-refractivity contribution >= 4 is 23.5 Å². The van der Waals surface area contributed by atoms with Crippen molar-refractivity contribution in [3.63, 3.8) is 0 Å². The number of esters is 1. The fourth-order valence-electron chi connectivity index (χ4n) is 2.48. The molecule has 0 spiro atoms. The van der Waals surface area contributed by atoms with Crippen LogP contribution in [0.4, 0.5) is 4.39 Å². The number of nitrogens with zero attached hydrogens (tertiary/aromatic N) is 1. The molecule has 154 valence electrons. The van der Waals surface area contributed by atoms with Gasteiger partial charge >= 0.3 is 5.97 Å². The number of nitrogens with one attached hydrogen (secondary N) is 1. The van der Waals surface area contributed by atoms with Crippen LogP contribution < -0.4 is 10.1 Å². The molecule has 0 aliphatic heterocycles. The molecule has 1 amide bonds. The normalized spacial score (nSPS) is 10.3. The fourth-order valence-corrected chi connectivity index (χ4v) is 2.73. The Balaban J connectivity index is 1.39. The van der Waals surface area contributed by atoms with E-state index in [0.29, 0.717) is 11.5 Å². The number of hydrogen-bond donors (Lipinski definition) is 1. The first kappa shape index (κ1) is 21.3. The second kappa shape index (κ2) is 10.4. The number of hydrogen-bond acceptors (Lipinski definition) is 5. The molecule has 0 saturated heterocycles. The minimum absolute atomic E-state index is 0.00558. The molecular weight excluding hydrogens is 411 g/mol. The maximum atomic E-state index is 13.0. The lowest BCUT2D eigenvalue weighted by atomic mass is 10.2. The van der Waals surface area contributed by atoms with Crippen molar-refractivity contribution in [3.05, 3.63) is 89.0 Å². The minimum atomic E-state index is -0.531. The van der Waals surface area contributed by atoms with Gasteiger partial charge in [-0.3, -0.25) is 14.6 Å². The summed E-state index contributed by atoms with van der Waals surface area (Å²) in [7, 11) is 0. The van der Waals surface area contributed by atoms with Gasteiger partial charge in [0, 0.05) is 12.7 Å². The van der Waals surface area contributed by atoms with Gasteiger partial charge in [-0.1, -0.05) is 23.7 Å². The van der Waals surface area contributed by atoms with Gasteiger partial charge in [0.25, 0.3) is 5.91 Å². The second-order valence-electron chi connectivity index (χ2n) is 6.23. The third-order valence-corrected chi connectivity index (χ3v) is 4.30. The molecule has 0 aliphatic rings. The summed E-state index contributed by atoms with van der Waals surface area (Å²) in [6.07, 6.45) is 3.26. The molecule has 3 rings (SSSR count). The summed E-state index contributed by atoms with van der Waals surface area (Å²) in [6, 6.07) is 14.2. The Labute approximate surface area is 177 Å². The van der Waals surface area contributed by atoms with Crippen LogP contribution in [0.15, 0.2) is 67.0 Å². The third kappa shape index (κ3) is 6.28. The van der Waals surface area contributed by atoms with Crippen LogP contribution >= 0.6 is 11.6 Å². The quantitative estimate of drug-likeness (QED) is 0.533. The van der Waals surface area contributed by atoms with Crippen LogP contribution in [0.3, 0.4) is 0 Å². The molecule has 6 nitrogen and oxygen atoms in total. The van der Waals surface area contributed by atoms with Gasteiger partial charge in [-0.2, -0.15) is 0 Å². The molecule has 2 aromatic carbocycles. The summed E-state index contributed by atoms with van der Waals surface area (Å²) in [4.78, 5) is 27.9. The summed E-state index contributed by atoms with van der Waals surface area (Å²) >= 11 is 5.84. The van der Waals surface area contributed by atoms with E-state index in [1.807, 2.05) is 0 Å². The van der Waals surface area contributed by atoms with Crippen molar-refractivity contribution in [2.24, 2.45) is 0 Å². The maximum absolute atomic E-state index is 13.0. The molecule has 1 heterocycles. The predicted molar refractivity (Wildman–Crippen MR) is 109 cm³/mol. The van der Waals surface area contributed by atoms with Crippen LogP contribution in [0.2, 0.25) is 5.02 Å². The first-order valence-electron chi connectivity index (χ1n) is 9.07. The standard InChI is InChI=1S/C22H18ClFN2O4/c23-20-12-16(24)5-8-19(20)22(28)26-11-9-21(27)29-14-15-3-6-17(7-4-15)30-18-2-1-10-25-13-18/h1-8,10,12-13H,9,11,14H2,(H,26,28). The predicted octanol–water partition coefficient (Wildman–Crippen LogP) is 4.53. The Bertz CT molecular complexity index is 1010. The summed E-state index contributed by atoms with van der Waals surface area (Å²) < 4.78 is 23.9. The highest BCUT2D eigenvalue weighted by Crippen LogP contribution is 2.21. The van der Waals surface area contributed by atoms with E-state index in [4.69, 9.17) is 21.1 Å². The molecule has 8 heteroatoms. The number of aromatic nitrogens is 1. The zero-order chi connectivity index (χ0) is 21.3. The van der Waals surface area contributed by atoms with Crippen molar-refractivity contribution in [3.8, 4) is 11.5 Å². The topological polar surface area (TPSA) is 77.5 Å². The van der Waals surface area contributed by atoms with Crippen LogP contribution in [0.25, 0.3) is 0 Å². The highest BCUT2D eigenvalue weighted by Gasteiger charge is 2.12. The summed E-state index contributed by atoms with van der Waals surface area (Å²) in [5.41, 5.74) is 0.934. The van der Waals surface area contributed by atoms with Gasteiger partial charge in [0.1, 0.15) is 23.9 Å². The van der Waals surface area contributed by atoms with Crippen molar-refractivity contribution in [2.45, 2.75) is 13.0 Å². The average Bonchev–Trinajstić information content (AvgIpc) is 2.74. The van der Waals surface area contributed by atoms with Crippen LogP contribution in [-0.2, 0) is 16.1 Å². The number of carbonyl (C=O) groups excluding carboxylic acids is 2. The monoisotopic (exact) mass is 428 g/mol. The first-order chi connectivity index (χ1) is 14.5. The summed E-state index contributed by atoms with van der Waals surface area (Å²) in [6.45, 7) is 0.174. The van der Waals surface area contributed by atoms with E-state index in [0.717, 1.165) is 17.7 Å². The van der Waals surface area contributed by atoms with Gasteiger partial charge in [0.2, 0.25) is 0 Å². The molecule has 0 aliphatic carbocycles. The fraction of sp³-hybridized carbons (Fsp3) is 0.136. The first-order valence-corrected chi connectivity index (χ1v) is 9.45. The van der Waals surface area contributed by atoms with Gasteiger partial charge in [-0.05, 0) is 48.0 Å². The molecule has 0 fully saturated rings. The Kier molecular flexibility index (Phi) is 7.34.